The molecule has 4 nitrogen and oxygen atoms in total. The van der Waals surface area contributed by atoms with Crippen molar-refractivity contribution in [3.8, 4) is 0 Å². The molecule has 2 saturated heterocycles. The number of hydrogen-bond donors (Lipinski definition) is 1. The number of aliphatic hydroxyl groups is 1. The molecular weight excluding hydrogens is 168 g/mol. The standard InChI is InChI=1S/C9H16N2O2/c1-2-10-3-4-11-6-7(12)5-8(11)9(10)13/h7-8,12H,2-6H2,1H3/t7-,8+/m1/s1. The van der Waals surface area contributed by atoms with Gasteiger partial charge in [-0.15, -0.1) is 0 Å². The zero-order valence-corrected chi connectivity index (χ0v) is 7.94. The number of likely N-dealkylation sites (N-methyl/N-ethyl adjacent to an activating group) is 1. The van der Waals surface area contributed by atoms with Crippen LogP contribution in [0.15, 0.2) is 0 Å². The van der Waals surface area contributed by atoms with Gasteiger partial charge in [0.2, 0.25) is 5.91 Å². The topological polar surface area (TPSA) is 43.8 Å². The molecular formula is C9H16N2O2. The van der Waals surface area contributed by atoms with Crippen LogP contribution in [0.2, 0.25) is 0 Å². The minimum atomic E-state index is -0.300. The van der Waals surface area contributed by atoms with E-state index >= 15 is 0 Å². The van der Waals surface area contributed by atoms with Crippen LogP contribution in [0.1, 0.15) is 13.3 Å². The fourth-order valence-electron chi connectivity index (χ4n) is 2.27. The molecule has 0 spiro atoms. The van der Waals surface area contributed by atoms with E-state index in [1.807, 2.05) is 11.8 Å². The Kier molecular flexibility index (Phi) is 2.26. The molecule has 2 atom stereocenters. The predicted molar refractivity (Wildman–Crippen MR) is 48.2 cm³/mol. The number of carbonyl (C=O) groups is 1. The van der Waals surface area contributed by atoms with Crippen LogP contribution in [-0.4, -0.2) is 59.1 Å². The number of nitrogens with zero attached hydrogens (tertiary/aromatic N) is 2. The molecule has 2 aliphatic rings. The summed E-state index contributed by atoms with van der Waals surface area (Å²) in [6, 6.07) is -0.0382. The van der Waals surface area contributed by atoms with E-state index in [4.69, 9.17) is 0 Å². The third kappa shape index (κ3) is 1.44. The second-order valence-corrected chi connectivity index (χ2v) is 3.82. The zero-order valence-electron chi connectivity index (χ0n) is 7.94. The van der Waals surface area contributed by atoms with Gasteiger partial charge in [-0.1, -0.05) is 0 Å². The molecule has 74 valence electrons. The van der Waals surface area contributed by atoms with Crippen molar-refractivity contribution in [3.63, 3.8) is 0 Å². The Balaban J connectivity index is 2.08. The van der Waals surface area contributed by atoms with Gasteiger partial charge in [-0.2, -0.15) is 0 Å². The number of fused-ring (bicyclic) bond motifs is 1. The van der Waals surface area contributed by atoms with E-state index in [-0.39, 0.29) is 18.1 Å². The molecule has 0 bridgehead atoms. The van der Waals surface area contributed by atoms with Crippen molar-refractivity contribution in [1.82, 2.24) is 9.80 Å². The first-order valence-electron chi connectivity index (χ1n) is 4.93. The monoisotopic (exact) mass is 184 g/mol. The summed E-state index contributed by atoms with van der Waals surface area (Å²) in [4.78, 5) is 15.7. The highest BCUT2D eigenvalue weighted by molar-refractivity contribution is 5.83. The molecule has 0 aliphatic carbocycles. The van der Waals surface area contributed by atoms with Gasteiger partial charge in [0.1, 0.15) is 0 Å². The van der Waals surface area contributed by atoms with Crippen molar-refractivity contribution < 1.29 is 9.90 Å². The summed E-state index contributed by atoms with van der Waals surface area (Å²) in [5, 5.41) is 9.42. The van der Waals surface area contributed by atoms with E-state index in [1.165, 1.54) is 0 Å². The molecule has 2 fully saturated rings. The van der Waals surface area contributed by atoms with Gasteiger partial charge in [-0.3, -0.25) is 9.69 Å². The van der Waals surface area contributed by atoms with Crippen LogP contribution in [0.5, 0.6) is 0 Å². The molecule has 0 aromatic heterocycles. The Labute approximate surface area is 78.1 Å². The fourth-order valence-corrected chi connectivity index (χ4v) is 2.27. The average Bonchev–Trinajstić information content (AvgIpc) is 2.47. The maximum absolute atomic E-state index is 11.8. The predicted octanol–water partition coefficient (Wildman–Crippen LogP) is -0.716. The lowest BCUT2D eigenvalue weighted by Gasteiger charge is -2.35. The number of piperazine rings is 1. The molecule has 2 rings (SSSR count). The Bertz CT molecular complexity index is 220. The van der Waals surface area contributed by atoms with Gasteiger partial charge in [-0.25, -0.2) is 0 Å². The van der Waals surface area contributed by atoms with E-state index in [0.29, 0.717) is 13.0 Å². The van der Waals surface area contributed by atoms with Gasteiger partial charge in [0.05, 0.1) is 12.1 Å². The summed E-state index contributed by atoms with van der Waals surface area (Å²) >= 11 is 0. The van der Waals surface area contributed by atoms with E-state index in [2.05, 4.69) is 4.90 Å². The van der Waals surface area contributed by atoms with Crippen molar-refractivity contribution in [1.29, 1.82) is 0 Å². The van der Waals surface area contributed by atoms with Crippen LogP contribution < -0.4 is 0 Å². The molecule has 2 heterocycles. The van der Waals surface area contributed by atoms with Crippen LogP contribution >= 0.6 is 0 Å². The molecule has 0 aromatic rings. The van der Waals surface area contributed by atoms with Gasteiger partial charge in [0.15, 0.2) is 0 Å². The molecule has 0 radical (unpaired) electrons. The van der Waals surface area contributed by atoms with Gasteiger partial charge in [-0.05, 0) is 13.3 Å². The maximum Gasteiger partial charge on any atom is 0.240 e. The lowest BCUT2D eigenvalue weighted by Crippen LogP contribution is -2.54. The second kappa shape index (κ2) is 3.27. The molecule has 0 saturated carbocycles. The third-order valence-electron chi connectivity index (χ3n) is 3.02. The minimum Gasteiger partial charge on any atom is -0.392 e. The van der Waals surface area contributed by atoms with E-state index < -0.39 is 0 Å². The SMILES string of the molecule is CCN1CCN2C[C@H](O)C[C@H]2C1=O. The van der Waals surface area contributed by atoms with Crippen LogP contribution in [0, 0.1) is 0 Å². The Morgan fingerprint density at radius 3 is 3.00 bits per heavy atom. The van der Waals surface area contributed by atoms with Crippen LogP contribution in [0.25, 0.3) is 0 Å². The maximum atomic E-state index is 11.8. The molecule has 2 aliphatic heterocycles. The summed E-state index contributed by atoms with van der Waals surface area (Å²) in [6.45, 7) is 5.20. The number of carbonyl (C=O) groups excluding carboxylic acids is 1. The summed E-state index contributed by atoms with van der Waals surface area (Å²) in [5.74, 6) is 0.199. The first-order chi connectivity index (χ1) is 6.22. The van der Waals surface area contributed by atoms with Crippen LogP contribution in [0.3, 0.4) is 0 Å². The van der Waals surface area contributed by atoms with Crippen LogP contribution in [-0.2, 0) is 4.79 Å². The second-order valence-electron chi connectivity index (χ2n) is 3.82. The molecule has 0 aromatic carbocycles. The van der Waals surface area contributed by atoms with E-state index in [9.17, 15) is 9.90 Å². The number of rotatable bonds is 1. The molecule has 1 amide bonds. The average molecular weight is 184 g/mol. The van der Waals surface area contributed by atoms with Crippen molar-refractivity contribution in [2.75, 3.05) is 26.2 Å². The summed E-state index contributed by atoms with van der Waals surface area (Å²) < 4.78 is 0. The number of hydrogen-bond acceptors (Lipinski definition) is 3. The van der Waals surface area contributed by atoms with Gasteiger partial charge in [0, 0.05) is 26.2 Å². The molecule has 4 heteroatoms. The first-order valence-corrected chi connectivity index (χ1v) is 4.93. The summed E-state index contributed by atoms with van der Waals surface area (Å²) in [7, 11) is 0. The highest BCUT2D eigenvalue weighted by Gasteiger charge is 2.40. The Morgan fingerprint density at radius 1 is 1.54 bits per heavy atom. The Hall–Kier alpha value is -0.610. The fraction of sp³-hybridized carbons (Fsp3) is 0.889. The number of aliphatic hydroxyl groups excluding tert-OH is 1. The van der Waals surface area contributed by atoms with Crippen molar-refractivity contribution in [2.24, 2.45) is 0 Å². The van der Waals surface area contributed by atoms with Gasteiger partial charge >= 0.3 is 0 Å². The summed E-state index contributed by atoms with van der Waals surface area (Å²) in [6.07, 6.45) is 0.320. The smallest absolute Gasteiger partial charge is 0.240 e. The van der Waals surface area contributed by atoms with Crippen LogP contribution in [0.4, 0.5) is 0 Å². The highest BCUT2D eigenvalue weighted by Crippen LogP contribution is 2.22. The molecule has 0 unspecified atom stereocenters. The Morgan fingerprint density at radius 2 is 2.31 bits per heavy atom. The van der Waals surface area contributed by atoms with Crippen molar-refractivity contribution in [3.05, 3.63) is 0 Å². The van der Waals surface area contributed by atoms with Crippen molar-refractivity contribution in [2.45, 2.75) is 25.5 Å². The summed E-state index contributed by atoms with van der Waals surface area (Å²) in [5.41, 5.74) is 0. The lowest BCUT2D eigenvalue weighted by atomic mass is 10.1. The number of amides is 1. The first kappa shape index (κ1) is 8.97. The van der Waals surface area contributed by atoms with Crippen molar-refractivity contribution >= 4 is 5.91 Å². The molecule has 1 N–H and O–H groups in total. The highest BCUT2D eigenvalue weighted by atomic mass is 16.3. The van der Waals surface area contributed by atoms with Gasteiger partial charge in [0.25, 0.3) is 0 Å². The zero-order chi connectivity index (χ0) is 9.42. The minimum absolute atomic E-state index is 0.0382. The van der Waals surface area contributed by atoms with E-state index in [1.54, 1.807) is 0 Å². The van der Waals surface area contributed by atoms with Gasteiger partial charge < -0.3 is 10.0 Å². The largest absolute Gasteiger partial charge is 0.392 e. The molecule has 13 heavy (non-hydrogen) atoms. The lowest BCUT2D eigenvalue weighted by molar-refractivity contribution is -0.139. The third-order valence-corrected chi connectivity index (χ3v) is 3.02. The quantitative estimate of drug-likeness (QED) is 0.585. The van der Waals surface area contributed by atoms with E-state index in [0.717, 1.165) is 19.6 Å². The normalized spacial score (nSPS) is 35.2.